The molecule has 0 aliphatic rings. The van der Waals surface area contributed by atoms with Crippen LogP contribution in [-0.4, -0.2) is 25.3 Å². The standard InChI is InChI=1S/C13H14O4/c1-16-12(13(15)17-2)8-4-6-10-5-3-7-11(14)9-10/h3-9,14H,1-2H3/b6-4+,12-8+. The zero-order valence-corrected chi connectivity index (χ0v) is 9.71. The second-order valence-corrected chi connectivity index (χ2v) is 3.18. The topological polar surface area (TPSA) is 55.8 Å². The largest absolute Gasteiger partial charge is 0.508 e. The number of hydrogen-bond donors (Lipinski definition) is 1. The van der Waals surface area contributed by atoms with Gasteiger partial charge >= 0.3 is 5.97 Å². The summed E-state index contributed by atoms with van der Waals surface area (Å²) in [6.45, 7) is 0. The van der Waals surface area contributed by atoms with Gasteiger partial charge in [0.2, 0.25) is 5.76 Å². The number of phenols is 1. The van der Waals surface area contributed by atoms with E-state index in [1.165, 1.54) is 20.3 Å². The summed E-state index contributed by atoms with van der Waals surface area (Å²) in [6.07, 6.45) is 4.88. The fourth-order valence-electron chi connectivity index (χ4n) is 1.20. The third-order valence-corrected chi connectivity index (χ3v) is 2.01. The summed E-state index contributed by atoms with van der Waals surface area (Å²) in [6, 6.07) is 6.75. The maximum absolute atomic E-state index is 11.2. The fraction of sp³-hybridized carbons (Fsp3) is 0.154. The van der Waals surface area contributed by atoms with Gasteiger partial charge in [-0.1, -0.05) is 24.3 Å². The zero-order valence-electron chi connectivity index (χ0n) is 9.71. The molecule has 1 aromatic carbocycles. The Morgan fingerprint density at radius 3 is 2.65 bits per heavy atom. The number of methoxy groups -OCH3 is 2. The van der Waals surface area contributed by atoms with Crippen molar-refractivity contribution in [3.8, 4) is 5.75 Å². The Morgan fingerprint density at radius 2 is 2.06 bits per heavy atom. The molecule has 0 saturated carbocycles. The molecule has 0 amide bonds. The van der Waals surface area contributed by atoms with Gasteiger partial charge in [0, 0.05) is 0 Å². The van der Waals surface area contributed by atoms with Crippen LogP contribution in [0.2, 0.25) is 0 Å². The second kappa shape index (κ2) is 6.37. The van der Waals surface area contributed by atoms with Gasteiger partial charge in [-0.25, -0.2) is 4.79 Å². The van der Waals surface area contributed by atoms with Crippen molar-refractivity contribution in [2.45, 2.75) is 0 Å². The maximum atomic E-state index is 11.2. The van der Waals surface area contributed by atoms with Crippen LogP contribution in [0.15, 0.2) is 42.2 Å². The molecule has 4 heteroatoms. The number of rotatable bonds is 4. The Labute approximate surface area is 99.8 Å². The van der Waals surface area contributed by atoms with Crippen molar-refractivity contribution in [3.63, 3.8) is 0 Å². The lowest BCUT2D eigenvalue weighted by Crippen LogP contribution is -2.05. The number of ether oxygens (including phenoxy) is 2. The molecule has 0 aliphatic carbocycles. The van der Waals surface area contributed by atoms with Crippen molar-refractivity contribution in [2.75, 3.05) is 14.2 Å². The van der Waals surface area contributed by atoms with E-state index in [0.717, 1.165) is 5.56 Å². The van der Waals surface area contributed by atoms with Gasteiger partial charge in [0.15, 0.2) is 0 Å². The molecular weight excluding hydrogens is 220 g/mol. The van der Waals surface area contributed by atoms with Crippen molar-refractivity contribution in [2.24, 2.45) is 0 Å². The molecule has 0 bridgehead atoms. The van der Waals surface area contributed by atoms with Crippen LogP contribution >= 0.6 is 0 Å². The van der Waals surface area contributed by atoms with Gasteiger partial charge in [-0.05, 0) is 23.8 Å². The number of carbonyl (C=O) groups excluding carboxylic acids is 1. The third kappa shape index (κ3) is 4.03. The number of phenolic OH excluding ortho intramolecular Hbond substituents is 1. The molecule has 1 rings (SSSR count). The molecular formula is C13H14O4. The summed E-state index contributed by atoms with van der Waals surface area (Å²) in [5, 5.41) is 9.25. The van der Waals surface area contributed by atoms with Gasteiger partial charge in [-0.2, -0.15) is 0 Å². The van der Waals surface area contributed by atoms with Crippen LogP contribution in [0.25, 0.3) is 6.08 Å². The highest BCUT2D eigenvalue weighted by atomic mass is 16.6. The molecule has 90 valence electrons. The minimum atomic E-state index is -0.534. The lowest BCUT2D eigenvalue weighted by Gasteiger charge is -2.01. The van der Waals surface area contributed by atoms with Crippen LogP contribution in [-0.2, 0) is 14.3 Å². The van der Waals surface area contributed by atoms with E-state index in [0.29, 0.717) is 0 Å². The summed E-state index contributed by atoms with van der Waals surface area (Å²) in [7, 11) is 2.68. The van der Waals surface area contributed by atoms with Crippen LogP contribution in [0.1, 0.15) is 5.56 Å². The molecule has 17 heavy (non-hydrogen) atoms. The lowest BCUT2D eigenvalue weighted by atomic mass is 10.2. The molecule has 0 spiro atoms. The normalized spacial score (nSPS) is 11.5. The summed E-state index contributed by atoms with van der Waals surface area (Å²) in [4.78, 5) is 11.2. The Balaban J connectivity index is 2.77. The van der Waals surface area contributed by atoms with Crippen LogP contribution in [0.4, 0.5) is 0 Å². The number of carbonyl (C=O) groups is 1. The first-order valence-electron chi connectivity index (χ1n) is 4.97. The molecule has 0 aliphatic heterocycles. The predicted octanol–water partition coefficient (Wildman–Crippen LogP) is 2.11. The number of aromatic hydroxyl groups is 1. The summed E-state index contributed by atoms with van der Waals surface area (Å²) in [5.74, 6) is -0.229. The average molecular weight is 234 g/mol. The third-order valence-electron chi connectivity index (χ3n) is 2.01. The van der Waals surface area contributed by atoms with Gasteiger partial charge in [0.25, 0.3) is 0 Å². The molecule has 0 atom stereocenters. The quantitative estimate of drug-likeness (QED) is 0.375. The van der Waals surface area contributed by atoms with Gasteiger partial charge in [0.1, 0.15) is 5.75 Å². The number of esters is 1. The number of allylic oxidation sites excluding steroid dienone is 2. The van der Waals surface area contributed by atoms with Gasteiger partial charge in [-0.3, -0.25) is 0 Å². The Bertz CT molecular complexity index is 446. The van der Waals surface area contributed by atoms with E-state index < -0.39 is 5.97 Å². The Hall–Kier alpha value is -2.23. The van der Waals surface area contributed by atoms with Crippen molar-refractivity contribution in [1.29, 1.82) is 0 Å². The first-order chi connectivity index (χ1) is 8.17. The van der Waals surface area contributed by atoms with Gasteiger partial charge < -0.3 is 14.6 Å². The van der Waals surface area contributed by atoms with E-state index in [-0.39, 0.29) is 11.5 Å². The summed E-state index contributed by atoms with van der Waals surface area (Å²) in [5.41, 5.74) is 0.821. The first kappa shape index (κ1) is 12.8. The first-order valence-corrected chi connectivity index (χ1v) is 4.97. The van der Waals surface area contributed by atoms with E-state index in [1.54, 1.807) is 30.4 Å². The van der Waals surface area contributed by atoms with E-state index in [9.17, 15) is 9.90 Å². The number of benzene rings is 1. The van der Waals surface area contributed by atoms with E-state index >= 15 is 0 Å². The monoisotopic (exact) mass is 234 g/mol. The van der Waals surface area contributed by atoms with Crippen LogP contribution in [0.5, 0.6) is 5.75 Å². The molecule has 4 nitrogen and oxygen atoms in total. The van der Waals surface area contributed by atoms with E-state index in [4.69, 9.17) is 4.74 Å². The van der Waals surface area contributed by atoms with Crippen molar-refractivity contribution >= 4 is 12.0 Å². The smallest absolute Gasteiger partial charge is 0.373 e. The van der Waals surface area contributed by atoms with Gasteiger partial charge in [-0.15, -0.1) is 0 Å². The van der Waals surface area contributed by atoms with Crippen LogP contribution in [0, 0.1) is 0 Å². The SMILES string of the molecule is COC(=O)/C(=C\C=C\c1cccc(O)c1)OC. The Morgan fingerprint density at radius 1 is 1.29 bits per heavy atom. The maximum Gasteiger partial charge on any atom is 0.373 e. The average Bonchev–Trinajstić information content (AvgIpc) is 2.34. The van der Waals surface area contributed by atoms with Crippen molar-refractivity contribution in [3.05, 3.63) is 47.7 Å². The number of hydrogen-bond acceptors (Lipinski definition) is 4. The highest BCUT2D eigenvalue weighted by Gasteiger charge is 2.06. The molecule has 0 aromatic heterocycles. The fourth-order valence-corrected chi connectivity index (χ4v) is 1.20. The Kier molecular flexibility index (Phi) is 4.81. The van der Waals surface area contributed by atoms with E-state index in [1.807, 2.05) is 6.07 Å². The molecule has 1 aromatic rings. The molecule has 1 N–H and O–H groups in total. The molecule has 0 fully saturated rings. The molecule has 0 unspecified atom stereocenters. The van der Waals surface area contributed by atoms with Crippen LogP contribution < -0.4 is 0 Å². The highest BCUT2D eigenvalue weighted by molar-refractivity contribution is 5.86. The second-order valence-electron chi connectivity index (χ2n) is 3.18. The van der Waals surface area contributed by atoms with E-state index in [2.05, 4.69) is 4.74 Å². The summed E-state index contributed by atoms with van der Waals surface area (Å²) < 4.78 is 9.37. The minimum Gasteiger partial charge on any atom is -0.508 e. The molecule has 0 radical (unpaired) electrons. The predicted molar refractivity (Wildman–Crippen MR) is 64.2 cm³/mol. The zero-order chi connectivity index (χ0) is 12.7. The molecule has 0 heterocycles. The lowest BCUT2D eigenvalue weighted by molar-refractivity contribution is -0.139. The van der Waals surface area contributed by atoms with Crippen LogP contribution in [0.3, 0.4) is 0 Å². The molecule has 0 saturated heterocycles. The summed E-state index contributed by atoms with van der Waals surface area (Å²) >= 11 is 0. The van der Waals surface area contributed by atoms with Crippen molar-refractivity contribution in [1.82, 2.24) is 0 Å². The van der Waals surface area contributed by atoms with Crippen molar-refractivity contribution < 1.29 is 19.4 Å². The highest BCUT2D eigenvalue weighted by Crippen LogP contribution is 2.12. The minimum absolute atomic E-state index is 0.115. The van der Waals surface area contributed by atoms with Gasteiger partial charge in [0.05, 0.1) is 14.2 Å².